The molecule has 5 heteroatoms. The highest BCUT2D eigenvalue weighted by atomic mass is 79.9. The number of hydrogen-bond donors (Lipinski definition) is 0. The molecular formula is C15H11BrFNO2. The van der Waals surface area contributed by atoms with Crippen LogP contribution in [-0.4, -0.2) is 7.11 Å². The summed E-state index contributed by atoms with van der Waals surface area (Å²) in [6.07, 6.45) is 0. The van der Waals surface area contributed by atoms with Crippen LogP contribution in [0.2, 0.25) is 0 Å². The summed E-state index contributed by atoms with van der Waals surface area (Å²) in [5.41, 5.74) is 0.763. The fourth-order valence-electron chi connectivity index (χ4n) is 1.70. The molecule has 0 spiro atoms. The van der Waals surface area contributed by atoms with Gasteiger partial charge in [0.05, 0.1) is 12.7 Å². The molecule has 0 N–H and O–H groups in total. The summed E-state index contributed by atoms with van der Waals surface area (Å²) in [5, 5.41) is 9.03. The van der Waals surface area contributed by atoms with Gasteiger partial charge in [0.15, 0.2) is 11.6 Å². The summed E-state index contributed by atoms with van der Waals surface area (Å²) in [4.78, 5) is 0. The molecule has 2 aromatic rings. The van der Waals surface area contributed by atoms with Crippen LogP contribution >= 0.6 is 15.9 Å². The van der Waals surface area contributed by atoms with E-state index in [-0.39, 0.29) is 12.4 Å². The molecule has 0 bridgehead atoms. The Labute approximate surface area is 124 Å². The summed E-state index contributed by atoms with van der Waals surface area (Å²) in [6.45, 7) is 0.0271. The molecule has 0 aliphatic rings. The minimum atomic E-state index is -0.453. The molecule has 0 radical (unpaired) electrons. The minimum Gasteiger partial charge on any atom is -0.494 e. The van der Waals surface area contributed by atoms with Gasteiger partial charge in [-0.15, -0.1) is 0 Å². The molecular weight excluding hydrogens is 325 g/mol. The second kappa shape index (κ2) is 6.40. The predicted octanol–water partition coefficient (Wildman–Crippen LogP) is 4.05. The van der Waals surface area contributed by atoms with E-state index in [1.54, 1.807) is 36.4 Å². The van der Waals surface area contributed by atoms with Crippen molar-refractivity contribution in [3.05, 3.63) is 57.8 Å². The average molecular weight is 336 g/mol. The summed E-state index contributed by atoms with van der Waals surface area (Å²) < 4.78 is 25.2. The van der Waals surface area contributed by atoms with Crippen LogP contribution in [0.4, 0.5) is 4.39 Å². The van der Waals surface area contributed by atoms with Gasteiger partial charge in [-0.2, -0.15) is 5.26 Å². The zero-order valence-corrected chi connectivity index (χ0v) is 12.3. The molecule has 0 aromatic heterocycles. The molecule has 0 saturated carbocycles. The van der Waals surface area contributed by atoms with Crippen LogP contribution in [0.15, 0.2) is 40.9 Å². The lowest BCUT2D eigenvalue weighted by Gasteiger charge is -2.10. The second-order valence-electron chi connectivity index (χ2n) is 3.97. The van der Waals surface area contributed by atoms with Crippen LogP contribution < -0.4 is 9.47 Å². The van der Waals surface area contributed by atoms with Crippen LogP contribution in [0, 0.1) is 17.1 Å². The van der Waals surface area contributed by atoms with E-state index in [2.05, 4.69) is 15.9 Å². The lowest BCUT2D eigenvalue weighted by Crippen LogP contribution is -2.01. The third-order valence-electron chi connectivity index (χ3n) is 2.71. The Kier molecular flexibility index (Phi) is 4.59. The van der Waals surface area contributed by atoms with E-state index >= 15 is 0 Å². The number of rotatable bonds is 4. The molecule has 0 heterocycles. The van der Waals surface area contributed by atoms with Gasteiger partial charge in [-0.3, -0.25) is 0 Å². The fraction of sp³-hybridized carbons (Fsp3) is 0.133. The summed E-state index contributed by atoms with van der Waals surface area (Å²) >= 11 is 3.28. The van der Waals surface area contributed by atoms with Gasteiger partial charge in [0, 0.05) is 10.0 Å². The van der Waals surface area contributed by atoms with Gasteiger partial charge in [-0.05, 0) is 24.3 Å². The van der Waals surface area contributed by atoms with Crippen LogP contribution in [-0.2, 0) is 6.61 Å². The van der Waals surface area contributed by atoms with Crippen LogP contribution in [0.1, 0.15) is 11.1 Å². The first kappa shape index (κ1) is 14.4. The van der Waals surface area contributed by atoms with Gasteiger partial charge in [-0.1, -0.05) is 28.1 Å². The van der Waals surface area contributed by atoms with Crippen LogP contribution in [0.25, 0.3) is 0 Å². The Morgan fingerprint density at radius 1 is 1.25 bits per heavy atom. The standard InChI is InChI=1S/C15H11BrFNO2/c1-19-14-4-2-3-10(15(14)17)9-20-13-6-5-12(16)7-11(13)8-18/h2-7H,9H2,1H3. The lowest BCUT2D eigenvalue weighted by atomic mass is 10.2. The molecule has 0 amide bonds. The SMILES string of the molecule is COc1cccc(COc2ccc(Br)cc2C#N)c1F. The number of hydrogen-bond acceptors (Lipinski definition) is 3. The fourth-order valence-corrected chi connectivity index (χ4v) is 2.06. The molecule has 0 aliphatic heterocycles. The van der Waals surface area contributed by atoms with Gasteiger partial charge in [-0.25, -0.2) is 4.39 Å². The number of nitriles is 1. The third kappa shape index (κ3) is 3.09. The molecule has 3 nitrogen and oxygen atoms in total. The Hall–Kier alpha value is -2.06. The summed E-state index contributed by atoms with van der Waals surface area (Å²) in [5.74, 6) is 0.131. The minimum absolute atomic E-state index is 0.0271. The molecule has 20 heavy (non-hydrogen) atoms. The molecule has 2 aromatic carbocycles. The normalized spacial score (nSPS) is 9.90. The second-order valence-corrected chi connectivity index (χ2v) is 4.89. The van der Waals surface area contributed by atoms with Gasteiger partial charge in [0.25, 0.3) is 0 Å². The van der Waals surface area contributed by atoms with Crippen molar-refractivity contribution < 1.29 is 13.9 Å². The highest BCUT2D eigenvalue weighted by Crippen LogP contribution is 2.25. The highest BCUT2D eigenvalue weighted by molar-refractivity contribution is 9.10. The molecule has 2 rings (SSSR count). The summed E-state index contributed by atoms with van der Waals surface area (Å²) in [7, 11) is 1.41. The van der Waals surface area contributed by atoms with Crippen molar-refractivity contribution in [2.24, 2.45) is 0 Å². The molecule has 0 atom stereocenters. The van der Waals surface area contributed by atoms with E-state index in [9.17, 15) is 4.39 Å². The predicted molar refractivity (Wildman–Crippen MR) is 76.1 cm³/mol. The van der Waals surface area contributed by atoms with Crippen molar-refractivity contribution in [1.82, 2.24) is 0 Å². The number of methoxy groups -OCH3 is 1. The van der Waals surface area contributed by atoms with Crippen LogP contribution in [0.3, 0.4) is 0 Å². The molecule has 0 fully saturated rings. The average Bonchev–Trinajstić information content (AvgIpc) is 2.47. The maximum absolute atomic E-state index is 13.9. The summed E-state index contributed by atoms with van der Waals surface area (Å²) in [6, 6.07) is 12.0. The lowest BCUT2D eigenvalue weighted by molar-refractivity contribution is 0.295. The Balaban J connectivity index is 2.20. The first-order valence-corrected chi connectivity index (χ1v) is 6.59. The molecule has 0 aliphatic carbocycles. The number of halogens is 2. The number of nitrogens with zero attached hydrogens (tertiary/aromatic N) is 1. The van der Waals surface area contributed by atoms with E-state index in [1.165, 1.54) is 7.11 Å². The zero-order chi connectivity index (χ0) is 14.5. The van der Waals surface area contributed by atoms with E-state index < -0.39 is 5.82 Å². The van der Waals surface area contributed by atoms with E-state index in [4.69, 9.17) is 14.7 Å². The molecule has 0 unspecified atom stereocenters. The Morgan fingerprint density at radius 3 is 2.75 bits per heavy atom. The largest absolute Gasteiger partial charge is 0.494 e. The van der Waals surface area contributed by atoms with Crippen molar-refractivity contribution >= 4 is 15.9 Å². The van der Waals surface area contributed by atoms with Crippen LogP contribution in [0.5, 0.6) is 11.5 Å². The molecule has 102 valence electrons. The zero-order valence-electron chi connectivity index (χ0n) is 10.7. The van der Waals surface area contributed by atoms with Gasteiger partial charge < -0.3 is 9.47 Å². The van der Waals surface area contributed by atoms with E-state index in [0.717, 1.165) is 4.47 Å². The van der Waals surface area contributed by atoms with Gasteiger partial charge in [0.1, 0.15) is 18.4 Å². The topological polar surface area (TPSA) is 42.2 Å². The van der Waals surface area contributed by atoms with Crippen molar-refractivity contribution in [2.75, 3.05) is 7.11 Å². The van der Waals surface area contributed by atoms with E-state index in [0.29, 0.717) is 16.9 Å². The quantitative estimate of drug-likeness (QED) is 0.846. The monoisotopic (exact) mass is 335 g/mol. The molecule has 0 saturated heterocycles. The Morgan fingerprint density at radius 2 is 2.05 bits per heavy atom. The third-order valence-corrected chi connectivity index (χ3v) is 3.20. The first-order valence-electron chi connectivity index (χ1n) is 5.79. The Bertz CT molecular complexity index is 667. The number of benzene rings is 2. The maximum Gasteiger partial charge on any atom is 0.171 e. The van der Waals surface area contributed by atoms with Gasteiger partial charge in [0.2, 0.25) is 0 Å². The van der Waals surface area contributed by atoms with Crippen molar-refractivity contribution in [3.63, 3.8) is 0 Å². The van der Waals surface area contributed by atoms with Crippen molar-refractivity contribution in [3.8, 4) is 17.6 Å². The van der Waals surface area contributed by atoms with Crippen molar-refractivity contribution in [2.45, 2.75) is 6.61 Å². The van der Waals surface area contributed by atoms with Gasteiger partial charge >= 0.3 is 0 Å². The van der Waals surface area contributed by atoms with E-state index in [1.807, 2.05) is 6.07 Å². The maximum atomic E-state index is 13.9. The first-order chi connectivity index (χ1) is 9.65. The smallest absolute Gasteiger partial charge is 0.171 e. The number of ether oxygens (including phenoxy) is 2. The van der Waals surface area contributed by atoms with Crippen molar-refractivity contribution in [1.29, 1.82) is 5.26 Å². The highest BCUT2D eigenvalue weighted by Gasteiger charge is 2.10.